The van der Waals surface area contributed by atoms with Crippen LogP contribution in [-0.2, 0) is 9.53 Å². The van der Waals surface area contributed by atoms with Gasteiger partial charge in [0, 0.05) is 12.0 Å². The first-order chi connectivity index (χ1) is 5.15. The van der Waals surface area contributed by atoms with E-state index in [9.17, 15) is 4.79 Å². The van der Waals surface area contributed by atoms with E-state index in [4.69, 9.17) is 5.11 Å². The van der Waals surface area contributed by atoms with Crippen molar-refractivity contribution in [3.8, 4) is 0 Å². The molecule has 0 bridgehead atoms. The van der Waals surface area contributed by atoms with Crippen LogP contribution in [0, 0.1) is 0 Å². The molecule has 1 aliphatic carbocycles. The van der Waals surface area contributed by atoms with Gasteiger partial charge in [-0.05, 0) is 6.08 Å². The quantitative estimate of drug-likeness (QED) is 0.454. The first kappa shape index (κ1) is 8.23. The van der Waals surface area contributed by atoms with Gasteiger partial charge in [0.1, 0.15) is 12.1 Å². The second kappa shape index (κ2) is 3.02. The molecule has 0 saturated heterocycles. The molecule has 0 unspecified atom stereocenters. The lowest BCUT2D eigenvalue weighted by molar-refractivity contribution is -0.430. The molecule has 4 N–H and O–H groups in total. The zero-order valence-corrected chi connectivity index (χ0v) is 6.41. The number of methoxy groups -OCH3 is 1. The van der Waals surface area contributed by atoms with E-state index in [1.54, 1.807) is 0 Å². The molecule has 0 heterocycles. The Morgan fingerprint density at radius 2 is 2.55 bits per heavy atom. The van der Waals surface area contributed by atoms with Crippen LogP contribution in [0.15, 0.2) is 11.6 Å². The molecule has 1 rings (SSSR count). The average molecular weight is 158 g/mol. The standard InChI is InChI=1S/C7H11NO3/c1-11-7(10)4-2-5(8)6(9)3-4/h3,5-6,9H,2,8H2,1H3/p+1/t5-,6-/m0/s1. The van der Waals surface area contributed by atoms with E-state index < -0.39 is 6.10 Å². The van der Waals surface area contributed by atoms with Crippen LogP contribution in [0.1, 0.15) is 6.42 Å². The third-order valence-electron chi connectivity index (χ3n) is 1.78. The van der Waals surface area contributed by atoms with Crippen molar-refractivity contribution in [3.63, 3.8) is 0 Å². The zero-order valence-electron chi connectivity index (χ0n) is 6.41. The number of aliphatic hydroxyl groups is 1. The molecule has 0 spiro atoms. The highest BCUT2D eigenvalue weighted by atomic mass is 16.5. The number of hydrogen-bond acceptors (Lipinski definition) is 3. The predicted molar refractivity (Wildman–Crippen MR) is 37.4 cm³/mol. The Kier molecular flexibility index (Phi) is 2.26. The van der Waals surface area contributed by atoms with Crippen molar-refractivity contribution in [1.29, 1.82) is 0 Å². The van der Waals surface area contributed by atoms with E-state index in [-0.39, 0.29) is 12.0 Å². The number of ether oxygens (including phenoxy) is 1. The molecular formula is C7H12NO3+. The number of quaternary nitrogens is 1. The molecular weight excluding hydrogens is 146 g/mol. The van der Waals surface area contributed by atoms with Crippen molar-refractivity contribution in [1.82, 2.24) is 0 Å². The molecule has 4 nitrogen and oxygen atoms in total. The number of aliphatic hydroxyl groups excluding tert-OH is 1. The summed E-state index contributed by atoms with van der Waals surface area (Å²) in [6, 6.07) is -0.107. The number of carbonyl (C=O) groups is 1. The summed E-state index contributed by atoms with van der Waals surface area (Å²) < 4.78 is 4.48. The molecule has 11 heavy (non-hydrogen) atoms. The smallest absolute Gasteiger partial charge is 0.333 e. The Labute approximate surface area is 64.6 Å². The van der Waals surface area contributed by atoms with Gasteiger partial charge in [-0.1, -0.05) is 0 Å². The monoisotopic (exact) mass is 158 g/mol. The summed E-state index contributed by atoms with van der Waals surface area (Å²) in [4.78, 5) is 10.9. The van der Waals surface area contributed by atoms with Crippen molar-refractivity contribution >= 4 is 5.97 Å². The summed E-state index contributed by atoms with van der Waals surface area (Å²) in [5, 5.41) is 9.17. The fourth-order valence-electron chi connectivity index (χ4n) is 1.10. The molecule has 0 saturated carbocycles. The molecule has 4 heteroatoms. The highest BCUT2D eigenvalue weighted by Crippen LogP contribution is 2.17. The van der Waals surface area contributed by atoms with Gasteiger partial charge in [-0.25, -0.2) is 4.79 Å². The third kappa shape index (κ3) is 1.58. The van der Waals surface area contributed by atoms with Gasteiger partial charge in [0.2, 0.25) is 0 Å². The van der Waals surface area contributed by atoms with E-state index in [0.29, 0.717) is 12.0 Å². The summed E-state index contributed by atoms with van der Waals surface area (Å²) in [6.45, 7) is 0. The van der Waals surface area contributed by atoms with Crippen molar-refractivity contribution in [2.75, 3.05) is 7.11 Å². The Bertz CT molecular complexity index is 200. The van der Waals surface area contributed by atoms with Crippen LogP contribution in [0.5, 0.6) is 0 Å². The van der Waals surface area contributed by atoms with Crippen LogP contribution in [0.3, 0.4) is 0 Å². The lowest BCUT2D eigenvalue weighted by atomic mass is 10.2. The van der Waals surface area contributed by atoms with Crippen molar-refractivity contribution in [2.24, 2.45) is 0 Å². The number of carbonyl (C=O) groups excluding carboxylic acids is 1. The minimum atomic E-state index is -0.593. The maximum absolute atomic E-state index is 10.9. The van der Waals surface area contributed by atoms with E-state index in [2.05, 4.69) is 10.5 Å². The number of esters is 1. The molecule has 0 aromatic carbocycles. The molecule has 0 radical (unpaired) electrons. The van der Waals surface area contributed by atoms with Crippen LogP contribution in [0.4, 0.5) is 0 Å². The number of hydrogen-bond donors (Lipinski definition) is 2. The zero-order chi connectivity index (χ0) is 8.43. The summed E-state index contributed by atoms with van der Waals surface area (Å²) in [7, 11) is 1.33. The summed E-state index contributed by atoms with van der Waals surface area (Å²) in [5.41, 5.74) is 4.20. The van der Waals surface area contributed by atoms with Gasteiger partial charge in [-0.3, -0.25) is 0 Å². The van der Waals surface area contributed by atoms with Gasteiger partial charge in [0.25, 0.3) is 0 Å². The highest BCUT2D eigenvalue weighted by Gasteiger charge is 2.29. The van der Waals surface area contributed by atoms with Gasteiger partial charge in [-0.2, -0.15) is 0 Å². The largest absolute Gasteiger partial charge is 0.466 e. The molecule has 0 amide bonds. The van der Waals surface area contributed by atoms with Gasteiger partial charge in [0.15, 0.2) is 0 Å². The lowest BCUT2D eigenvalue weighted by Gasteiger charge is -2.01. The Morgan fingerprint density at radius 3 is 2.91 bits per heavy atom. The number of rotatable bonds is 1. The van der Waals surface area contributed by atoms with Crippen molar-refractivity contribution < 1.29 is 20.4 Å². The highest BCUT2D eigenvalue weighted by molar-refractivity contribution is 5.89. The second-order valence-corrected chi connectivity index (χ2v) is 2.64. The van der Waals surface area contributed by atoms with Crippen molar-refractivity contribution in [3.05, 3.63) is 11.6 Å². The fraction of sp³-hybridized carbons (Fsp3) is 0.571. The van der Waals surface area contributed by atoms with Gasteiger partial charge in [-0.15, -0.1) is 0 Å². The molecule has 2 atom stereocenters. The van der Waals surface area contributed by atoms with E-state index in [0.717, 1.165) is 0 Å². The van der Waals surface area contributed by atoms with Crippen LogP contribution in [0.2, 0.25) is 0 Å². The lowest BCUT2D eigenvalue weighted by Crippen LogP contribution is -2.64. The summed E-state index contributed by atoms with van der Waals surface area (Å²) >= 11 is 0. The molecule has 1 aliphatic rings. The molecule has 62 valence electrons. The Hall–Kier alpha value is -0.870. The maximum atomic E-state index is 10.9. The van der Waals surface area contributed by atoms with E-state index >= 15 is 0 Å². The Balaban J connectivity index is 2.63. The van der Waals surface area contributed by atoms with Crippen LogP contribution in [0.25, 0.3) is 0 Å². The molecule has 0 aliphatic heterocycles. The van der Waals surface area contributed by atoms with Crippen molar-refractivity contribution in [2.45, 2.75) is 18.6 Å². The van der Waals surface area contributed by atoms with Crippen LogP contribution >= 0.6 is 0 Å². The maximum Gasteiger partial charge on any atom is 0.333 e. The van der Waals surface area contributed by atoms with E-state index in [1.165, 1.54) is 13.2 Å². The SMILES string of the molecule is COC(=O)C1=C[C@H](O)[C@@H]([NH3+])C1. The molecule has 0 aromatic rings. The first-order valence-corrected chi connectivity index (χ1v) is 3.45. The van der Waals surface area contributed by atoms with Crippen LogP contribution in [-0.4, -0.2) is 30.3 Å². The normalized spacial score (nSPS) is 29.9. The first-order valence-electron chi connectivity index (χ1n) is 3.45. The van der Waals surface area contributed by atoms with Gasteiger partial charge < -0.3 is 15.6 Å². The third-order valence-corrected chi connectivity index (χ3v) is 1.78. The van der Waals surface area contributed by atoms with E-state index in [1.807, 2.05) is 0 Å². The van der Waals surface area contributed by atoms with Gasteiger partial charge >= 0.3 is 5.97 Å². The van der Waals surface area contributed by atoms with Crippen LogP contribution < -0.4 is 5.73 Å². The second-order valence-electron chi connectivity index (χ2n) is 2.64. The minimum Gasteiger partial charge on any atom is -0.466 e. The molecule has 0 aromatic heterocycles. The summed E-state index contributed by atoms with van der Waals surface area (Å²) in [6.07, 6.45) is 1.42. The predicted octanol–water partition coefficient (Wildman–Crippen LogP) is -1.54. The van der Waals surface area contributed by atoms with Gasteiger partial charge in [0.05, 0.1) is 7.11 Å². The fourth-order valence-corrected chi connectivity index (χ4v) is 1.10. The molecule has 0 fully saturated rings. The average Bonchev–Trinajstić information content (AvgIpc) is 2.31. The summed E-state index contributed by atoms with van der Waals surface area (Å²) in [5.74, 6) is -0.366. The topological polar surface area (TPSA) is 74.2 Å². The minimum absolute atomic E-state index is 0.107. The Morgan fingerprint density at radius 1 is 1.91 bits per heavy atom.